The second-order valence-corrected chi connectivity index (χ2v) is 6.63. The van der Waals surface area contributed by atoms with Crippen LogP contribution < -0.4 is 10.5 Å². The molecule has 102 valence electrons. The number of aromatic nitrogens is 1. The van der Waals surface area contributed by atoms with Gasteiger partial charge in [-0.1, -0.05) is 6.92 Å². The van der Waals surface area contributed by atoms with Gasteiger partial charge in [-0.2, -0.15) is 0 Å². The molecule has 5 nitrogen and oxygen atoms in total. The summed E-state index contributed by atoms with van der Waals surface area (Å²) in [6, 6.07) is 1.67. The van der Waals surface area contributed by atoms with Crippen LogP contribution in [0, 0.1) is 5.92 Å². The van der Waals surface area contributed by atoms with Crippen molar-refractivity contribution in [2.45, 2.75) is 44.2 Å². The Labute approximate surface area is 108 Å². The zero-order chi connectivity index (χ0) is 13.2. The second-order valence-electron chi connectivity index (χ2n) is 4.86. The minimum absolute atomic E-state index is 0.331. The van der Waals surface area contributed by atoms with Gasteiger partial charge in [-0.25, -0.2) is 13.1 Å². The lowest BCUT2D eigenvalue weighted by molar-refractivity contribution is 0.576. The van der Waals surface area contributed by atoms with Crippen molar-refractivity contribution in [2.24, 2.45) is 11.7 Å². The summed E-state index contributed by atoms with van der Waals surface area (Å²) < 4.78 is 28.8. The summed E-state index contributed by atoms with van der Waals surface area (Å²) in [6.45, 7) is 3.77. The summed E-state index contributed by atoms with van der Waals surface area (Å²) in [6.07, 6.45) is 4.90. The van der Waals surface area contributed by atoms with Gasteiger partial charge in [0.25, 0.3) is 0 Å². The van der Waals surface area contributed by atoms with E-state index in [-0.39, 0.29) is 0 Å². The quantitative estimate of drug-likeness (QED) is 0.778. The van der Waals surface area contributed by atoms with Gasteiger partial charge in [0, 0.05) is 31.5 Å². The highest BCUT2D eigenvalue weighted by Crippen LogP contribution is 2.28. The van der Waals surface area contributed by atoms with E-state index in [0.717, 1.165) is 31.5 Å². The van der Waals surface area contributed by atoms with Crippen LogP contribution in [-0.2, 0) is 23.1 Å². The minimum atomic E-state index is -3.37. The first-order valence-corrected chi connectivity index (χ1v) is 7.94. The van der Waals surface area contributed by atoms with Crippen LogP contribution in [0.3, 0.4) is 0 Å². The SMILES string of the molecule is CCCn1cc(S(=O)(=O)NCC2CC2)cc1CN. The third kappa shape index (κ3) is 3.13. The molecule has 0 atom stereocenters. The maximum absolute atomic E-state index is 12.1. The maximum Gasteiger partial charge on any atom is 0.242 e. The Hall–Kier alpha value is -0.850. The summed E-state index contributed by atoms with van der Waals surface area (Å²) in [5.74, 6) is 0.534. The number of nitrogens with two attached hydrogens (primary N) is 1. The Morgan fingerprint density at radius 1 is 1.50 bits per heavy atom. The number of sulfonamides is 1. The zero-order valence-electron chi connectivity index (χ0n) is 10.7. The summed E-state index contributed by atoms with van der Waals surface area (Å²) in [7, 11) is -3.37. The number of rotatable bonds is 7. The molecule has 0 bridgehead atoms. The Morgan fingerprint density at radius 2 is 2.22 bits per heavy atom. The molecule has 0 spiro atoms. The molecule has 1 heterocycles. The van der Waals surface area contributed by atoms with E-state index in [9.17, 15) is 8.42 Å². The van der Waals surface area contributed by atoms with E-state index >= 15 is 0 Å². The average molecular weight is 271 g/mol. The van der Waals surface area contributed by atoms with Crippen LogP contribution >= 0.6 is 0 Å². The highest BCUT2D eigenvalue weighted by atomic mass is 32.2. The topological polar surface area (TPSA) is 77.1 Å². The van der Waals surface area contributed by atoms with E-state index in [1.54, 1.807) is 12.3 Å². The molecule has 1 aliphatic carbocycles. The smallest absolute Gasteiger partial charge is 0.242 e. The number of hydrogen-bond donors (Lipinski definition) is 2. The van der Waals surface area contributed by atoms with Crippen molar-refractivity contribution in [2.75, 3.05) is 6.54 Å². The number of aryl methyl sites for hydroxylation is 1. The molecular formula is C12H21N3O2S. The van der Waals surface area contributed by atoms with Gasteiger partial charge in [0.15, 0.2) is 0 Å². The molecule has 1 fully saturated rings. The number of hydrogen-bond acceptors (Lipinski definition) is 3. The first-order chi connectivity index (χ1) is 8.56. The van der Waals surface area contributed by atoms with E-state index in [4.69, 9.17) is 5.73 Å². The fraction of sp³-hybridized carbons (Fsp3) is 0.667. The van der Waals surface area contributed by atoms with E-state index in [1.807, 2.05) is 4.57 Å². The van der Waals surface area contributed by atoms with Gasteiger partial charge >= 0.3 is 0 Å². The average Bonchev–Trinajstić information content (AvgIpc) is 3.07. The maximum atomic E-state index is 12.1. The molecule has 1 aromatic rings. The third-order valence-electron chi connectivity index (χ3n) is 3.20. The van der Waals surface area contributed by atoms with Crippen molar-refractivity contribution < 1.29 is 8.42 Å². The molecule has 6 heteroatoms. The highest BCUT2D eigenvalue weighted by Gasteiger charge is 2.25. The Morgan fingerprint density at radius 3 is 2.78 bits per heavy atom. The van der Waals surface area contributed by atoms with E-state index < -0.39 is 10.0 Å². The second kappa shape index (κ2) is 5.42. The van der Waals surface area contributed by atoms with Crippen molar-refractivity contribution in [3.63, 3.8) is 0 Å². The molecule has 0 amide bonds. The van der Waals surface area contributed by atoms with Crippen LogP contribution in [-0.4, -0.2) is 19.5 Å². The van der Waals surface area contributed by atoms with Crippen molar-refractivity contribution in [1.29, 1.82) is 0 Å². The predicted molar refractivity (Wildman–Crippen MR) is 70.5 cm³/mol. The van der Waals surface area contributed by atoms with Crippen molar-refractivity contribution >= 4 is 10.0 Å². The lowest BCUT2D eigenvalue weighted by atomic mass is 10.4. The molecule has 1 aromatic heterocycles. The molecule has 1 saturated carbocycles. The largest absolute Gasteiger partial charge is 0.349 e. The summed E-state index contributed by atoms with van der Waals surface area (Å²) >= 11 is 0. The molecule has 0 aliphatic heterocycles. The van der Waals surface area contributed by atoms with Crippen LogP contribution in [0.15, 0.2) is 17.2 Å². The zero-order valence-corrected chi connectivity index (χ0v) is 11.5. The fourth-order valence-corrected chi connectivity index (χ4v) is 3.10. The van der Waals surface area contributed by atoms with E-state index in [2.05, 4.69) is 11.6 Å². The first kappa shape index (κ1) is 13.6. The summed E-state index contributed by atoms with van der Waals surface area (Å²) in [4.78, 5) is 0.331. The van der Waals surface area contributed by atoms with Gasteiger partial charge in [-0.3, -0.25) is 0 Å². The Kier molecular flexibility index (Phi) is 4.09. The molecule has 0 saturated heterocycles. The Balaban J connectivity index is 2.14. The van der Waals surface area contributed by atoms with Gasteiger partial charge in [0.05, 0.1) is 4.90 Å². The van der Waals surface area contributed by atoms with Crippen LogP contribution in [0.1, 0.15) is 31.9 Å². The molecular weight excluding hydrogens is 250 g/mol. The van der Waals surface area contributed by atoms with E-state index in [1.165, 1.54) is 0 Å². The van der Waals surface area contributed by atoms with Gasteiger partial charge in [0.2, 0.25) is 10.0 Å². The standard InChI is InChI=1S/C12H21N3O2S/c1-2-5-15-9-12(6-11(15)7-13)18(16,17)14-8-10-3-4-10/h6,9-10,14H,2-5,7-8,13H2,1H3. The van der Waals surface area contributed by atoms with Crippen LogP contribution in [0.5, 0.6) is 0 Å². The lowest BCUT2D eigenvalue weighted by Crippen LogP contribution is -2.25. The summed E-state index contributed by atoms with van der Waals surface area (Å²) in [5, 5.41) is 0. The lowest BCUT2D eigenvalue weighted by Gasteiger charge is -2.04. The summed E-state index contributed by atoms with van der Waals surface area (Å²) in [5.41, 5.74) is 6.50. The molecule has 0 aromatic carbocycles. The van der Waals surface area contributed by atoms with Gasteiger partial charge < -0.3 is 10.3 Å². The Bertz CT molecular complexity index is 503. The van der Waals surface area contributed by atoms with Gasteiger partial charge in [-0.15, -0.1) is 0 Å². The molecule has 18 heavy (non-hydrogen) atoms. The number of nitrogens with zero attached hydrogens (tertiary/aromatic N) is 1. The van der Waals surface area contributed by atoms with Gasteiger partial charge in [0.1, 0.15) is 0 Å². The highest BCUT2D eigenvalue weighted by molar-refractivity contribution is 7.89. The molecule has 2 rings (SSSR count). The first-order valence-electron chi connectivity index (χ1n) is 6.45. The van der Waals surface area contributed by atoms with Crippen LogP contribution in [0.2, 0.25) is 0 Å². The third-order valence-corrected chi connectivity index (χ3v) is 4.59. The number of nitrogens with one attached hydrogen (secondary N) is 1. The van der Waals surface area contributed by atoms with Gasteiger partial charge in [-0.05, 0) is 31.2 Å². The van der Waals surface area contributed by atoms with Crippen molar-refractivity contribution in [1.82, 2.24) is 9.29 Å². The normalized spacial score (nSPS) is 16.1. The molecule has 1 aliphatic rings. The van der Waals surface area contributed by atoms with Crippen LogP contribution in [0.4, 0.5) is 0 Å². The van der Waals surface area contributed by atoms with E-state index in [0.29, 0.717) is 23.9 Å². The van der Waals surface area contributed by atoms with Crippen LogP contribution in [0.25, 0.3) is 0 Å². The fourth-order valence-electron chi connectivity index (χ4n) is 1.93. The molecule has 3 N–H and O–H groups in total. The predicted octanol–water partition coefficient (Wildman–Crippen LogP) is 1.05. The minimum Gasteiger partial charge on any atom is -0.349 e. The molecule has 0 radical (unpaired) electrons. The molecule has 0 unspecified atom stereocenters. The van der Waals surface area contributed by atoms with Crippen molar-refractivity contribution in [3.05, 3.63) is 18.0 Å². The van der Waals surface area contributed by atoms with Crippen molar-refractivity contribution in [3.8, 4) is 0 Å². The monoisotopic (exact) mass is 271 g/mol.